The topological polar surface area (TPSA) is 25.8 Å². The van der Waals surface area contributed by atoms with Crippen LogP contribution in [0.3, 0.4) is 0 Å². The quantitative estimate of drug-likeness (QED) is 0.329. The molecule has 0 radical (unpaired) electrons. The zero-order valence-corrected chi connectivity index (χ0v) is 16.4. The fraction of sp³-hybridized carbons (Fsp3) is 0. The molecule has 1 heterocycles. The van der Waals surface area contributed by atoms with E-state index in [0.29, 0.717) is 0 Å². The van der Waals surface area contributed by atoms with Crippen molar-refractivity contribution in [2.24, 2.45) is 0 Å². The van der Waals surface area contributed by atoms with Crippen LogP contribution in [0.5, 0.6) is 0 Å². The van der Waals surface area contributed by atoms with E-state index in [1.807, 2.05) is 18.2 Å². The Kier molecular flexibility index (Phi) is 4.89. The number of hydrogen-bond acceptors (Lipinski definition) is 2. The first-order chi connectivity index (χ1) is 14.9. The van der Waals surface area contributed by atoms with Crippen molar-refractivity contribution in [2.45, 2.75) is 0 Å². The molecule has 0 saturated carbocycles. The summed E-state index contributed by atoms with van der Waals surface area (Å²) < 4.78 is 0. The Hall–Kier alpha value is -4.04. The van der Waals surface area contributed by atoms with E-state index in [2.05, 4.69) is 107 Å². The Morgan fingerprint density at radius 2 is 0.933 bits per heavy atom. The van der Waals surface area contributed by atoms with Gasteiger partial charge in [0.2, 0.25) is 0 Å². The van der Waals surface area contributed by atoms with Crippen LogP contribution in [-0.4, -0.2) is 9.97 Å². The second-order valence-electron chi connectivity index (χ2n) is 7.17. The number of fused-ring (bicyclic) bond motifs is 2. The van der Waals surface area contributed by atoms with Crippen LogP contribution < -0.4 is 0 Å². The molecule has 5 rings (SSSR count). The summed E-state index contributed by atoms with van der Waals surface area (Å²) in [6, 6.07) is 31.5. The van der Waals surface area contributed by atoms with Gasteiger partial charge in [-0.05, 0) is 50.9 Å². The molecule has 0 saturated heterocycles. The number of rotatable bonds is 4. The highest BCUT2D eigenvalue weighted by molar-refractivity contribution is 5.93. The average molecular weight is 384 g/mol. The van der Waals surface area contributed by atoms with Gasteiger partial charge < -0.3 is 0 Å². The summed E-state index contributed by atoms with van der Waals surface area (Å²) in [6.07, 6.45) is 9.93. The third-order valence-electron chi connectivity index (χ3n) is 5.22. The smallest absolute Gasteiger partial charge is 0.116 e. The van der Waals surface area contributed by atoms with Gasteiger partial charge in [0, 0.05) is 0 Å². The SMILES string of the molecule is C(=Cc1cccc2ccccc12)c1cc(C=Cc2cccc3ccccc23)ncn1. The van der Waals surface area contributed by atoms with E-state index in [0.717, 1.165) is 11.4 Å². The molecule has 0 amide bonds. The molecular formula is C28H20N2. The molecule has 30 heavy (non-hydrogen) atoms. The fourth-order valence-corrected chi connectivity index (χ4v) is 3.71. The first-order valence-corrected chi connectivity index (χ1v) is 10.0. The van der Waals surface area contributed by atoms with E-state index >= 15 is 0 Å². The average Bonchev–Trinajstić information content (AvgIpc) is 2.81. The number of nitrogens with zero attached hydrogens (tertiary/aromatic N) is 2. The van der Waals surface area contributed by atoms with Crippen molar-refractivity contribution >= 4 is 45.8 Å². The van der Waals surface area contributed by atoms with Crippen LogP contribution in [-0.2, 0) is 0 Å². The number of benzene rings is 4. The molecule has 0 fully saturated rings. The van der Waals surface area contributed by atoms with Crippen molar-refractivity contribution < 1.29 is 0 Å². The summed E-state index contributed by atoms with van der Waals surface area (Å²) in [7, 11) is 0. The zero-order chi connectivity index (χ0) is 20.2. The molecular weight excluding hydrogens is 364 g/mol. The van der Waals surface area contributed by atoms with Crippen molar-refractivity contribution in [3.63, 3.8) is 0 Å². The van der Waals surface area contributed by atoms with Crippen LogP contribution >= 0.6 is 0 Å². The summed E-state index contributed by atoms with van der Waals surface area (Å²) in [5, 5.41) is 4.95. The Labute approximate surface area is 175 Å². The van der Waals surface area contributed by atoms with Crippen LogP contribution in [0.4, 0.5) is 0 Å². The van der Waals surface area contributed by atoms with Gasteiger partial charge in [-0.25, -0.2) is 9.97 Å². The third kappa shape index (κ3) is 3.76. The molecule has 0 unspecified atom stereocenters. The lowest BCUT2D eigenvalue weighted by atomic mass is 10.0. The molecule has 0 spiro atoms. The maximum Gasteiger partial charge on any atom is 0.116 e. The van der Waals surface area contributed by atoms with Gasteiger partial charge in [0.1, 0.15) is 6.33 Å². The monoisotopic (exact) mass is 384 g/mol. The van der Waals surface area contributed by atoms with Crippen molar-refractivity contribution in [2.75, 3.05) is 0 Å². The third-order valence-corrected chi connectivity index (χ3v) is 5.22. The lowest BCUT2D eigenvalue weighted by Crippen LogP contribution is -1.87. The Bertz CT molecular complexity index is 1280. The highest BCUT2D eigenvalue weighted by Gasteiger charge is 1.99. The van der Waals surface area contributed by atoms with E-state index in [9.17, 15) is 0 Å². The van der Waals surface area contributed by atoms with Crippen LogP contribution in [0.15, 0.2) is 97.3 Å². The molecule has 0 bridgehead atoms. The standard InChI is InChI=1S/C28H20N2/c1-3-13-27-21(7-1)9-5-11-23(27)15-17-25-19-26(30-20-29-25)18-16-24-12-6-10-22-8-2-4-14-28(22)24/h1-20H. The van der Waals surface area contributed by atoms with Gasteiger partial charge in [0.25, 0.3) is 0 Å². The summed E-state index contributed by atoms with van der Waals surface area (Å²) in [4.78, 5) is 8.82. The van der Waals surface area contributed by atoms with Crippen LogP contribution in [0, 0.1) is 0 Å². The summed E-state index contributed by atoms with van der Waals surface area (Å²) in [5.41, 5.74) is 4.13. The van der Waals surface area contributed by atoms with Gasteiger partial charge in [-0.15, -0.1) is 0 Å². The van der Waals surface area contributed by atoms with Crippen LogP contribution in [0.1, 0.15) is 22.5 Å². The van der Waals surface area contributed by atoms with E-state index in [4.69, 9.17) is 0 Å². The second-order valence-corrected chi connectivity index (χ2v) is 7.17. The molecule has 4 aromatic carbocycles. The molecule has 2 heteroatoms. The number of aromatic nitrogens is 2. The maximum absolute atomic E-state index is 4.41. The molecule has 0 aliphatic heterocycles. The van der Waals surface area contributed by atoms with Crippen molar-refractivity contribution in [3.05, 3.63) is 120 Å². The molecule has 5 aromatic rings. The Balaban J connectivity index is 1.43. The van der Waals surface area contributed by atoms with Crippen LogP contribution in [0.25, 0.3) is 45.8 Å². The molecule has 1 aromatic heterocycles. The predicted molar refractivity (Wildman–Crippen MR) is 128 cm³/mol. The van der Waals surface area contributed by atoms with Crippen LogP contribution in [0.2, 0.25) is 0 Å². The minimum atomic E-state index is 0.885. The maximum atomic E-state index is 4.41. The van der Waals surface area contributed by atoms with Crippen molar-refractivity contribution in [3.8, 4) is 0 Å². The zero-order valence-electron chi connectivity index (χ0n) is 16.4. The van der Waals surface area contributed by atoms with Gasteiger partial charge in [0.05, 0.1) is 11.4 Å². The summed E-state index contributed by atoms with van der Waals surface area (Å²) in [6.45, 7) is 0. The van der Waals surface area contributed by atoms with E-state index < -0.39 is 0 Å². The first kappa shape index (κ1) is 18.0. The summed E-state index contributed by atoms with van der Waals surface area (Å²) >= 11 is 0. The van der Waals surface area contributed by atoms with Gasteiger partial charge in [0.15, 0.2) is 0 Å². The van der Waals surface area contributed by atoms with E-state index in [1.165, 1.54) is 32.7 Å². The van der Waals surface area contributed by atoms with E-state index in [-0.39, 0.29) is 0 Å². The fourth-order valence-electron chi connectivity index (χ4n) is 3.71. The van der Waals surface area contributed by atoms with Gasteiger partial charge >= 0.3 is 0 Å². The highest BCUT2D eigenvalue weighted by atomic mass is 14.8. The highest BCUT2D eigenvalue weighted by Crippen LogP contribution is 2.22. The van der Waals surface area contributed by atoms with Gasteiger partial charge in [-0.2, -0.15) is 0 Å². The summed E-state index contributed by atoms with van der Waals surface area (Å²) in [5.74, 6) is 0. The van der Waals surface area contributed by atoms with Gasteiger partial charge in [-0.3, -0.25) is 0 Å². The van der Waals surface area contributed by atoms with Crippen molar-refractivity contribution in [1.82, 2.24) is 9.97 Å². The Morgan fingerprint density at radius 3 is 1.47 bits per heavy atom. The van der Waals surface area contributed by atoms with Crippen molar-refractivity contribution in [1.29, 1.82) is 0 Å². The van der Waals surface area contributed by atoms with Gasteiger partial charge in [-0.1, -0.05) is 97.1 Å². The molecule has 142 valence electrons. The normalized spacial score (nSPS) is 11.7. The Morgan fingerprint density at radius 1 is 0.467 bits per heavy atom. The van der Waals surface area contributed by atoms with E-state index in [1.54, 1.807) is 6.33 Å². The minimum Gasteiger partial charge on any atom is -0.237 e. The molecule has 0 N–H and O–H groups in total. The first-order valence-electron chi connectivity index (χ1n) is 10.0. The number of hydrogen-bond donors (Lipinski definition) is 0. The second kappa shape index (κ2) is 8.14. The lowest BCUT2D eigenvalue weighted by Gasteiger charge is -2.02. The molecule has 0 aliphatic carbocycles. The predicted octanol–water partition coefficient (Wildman–Crippen LogP) is 7.12. The lowest BCUT2D eigenvalue weighted by molar-refractivity contribution is 1.14. The largest absolute Gasteiger partial charge is 0.237 e. The molecule has 2 nitrogen and oxygen atoms in total. The minimum absolute atomic E-state index is 0.885. The molecule has 0 atom stereocenters. The molecule has 0 aliphatic rings.